The molecule has 0 heterocycles. The Labute approximate surface area is 206 Å². The van der Waals surface area contributed by atoms with Crippen molar-refractivity contribution in [1.29, 1.82) is 0 Å². The van der Waals surface area contributed by atoms with Crippen LogP contribution in [-0.4, -0.2) is 31.2 Å². The van der Waals surface area contributed by atoms with Gasteiger partial charge in [-0.25, -0.2) is 0 Å². The molecule has 0 amide bonds. The summed E-state index contributed by atoms with van der Waals surface area (Å²) >= 11 is 18.8. The predicted molar refractivity (Wildman–Crippen MR) is 132 cm³/mol. The van der Waals surface area contributed by atoms with Crippen LogP contribution in [0.5, 0.6) is 11.5 Å². The summed E-state index contributed by atoms with van der Waals surface area (Å²) in [6.07, 6.45) is 0.501. The maximum atomic E-state index is 11.2. The Morgan fingerprint density at radius 1 is 1.00 bits per heavy atom. The van der Waals surface area contributed by atoms with Crippen molar-refractivity contribution in [3.8, 4) is 11.5 Å². The van der Waals surface area contributed by atoms with Crippen LogP contribution in [-0.2, 0) is 14.9 Å². The molecule has 4 nitrogen and oxygen atoms in total. The zero-order valence-corrected chi connectivity index (χ0v) is 21.5. The van der Waals surface area contributed by atoms with Crippen LogP contribution < -0.4 is 9.47 Å². The summed E-state index contributed by atoms with van der Waals surface area (Å²) in [4.78, 5) is 11.2. The first-order valence-corrected chi connectivity index (χ1v) is 12.0. The summed E-state index contributed by atoms with van der Waals surface area (Å²) in [5.41, 5.74) is 1.70. The number of alkyl halides is 1. The molecule has 32 heavy (non-hydrogen) atoms. The predicted octanol–water partition coefficient (Wildman–Crippen LogP) is 7.29. The number of carbonyl (C=O) groups is 1. The molecule has 0 aliphatic rings. The number of benzene rings is 2. The second-order valence-electron chi connectivity index (χ2n) is 8.44. The van der Waals surface area contributed by atoms with Crippen molar-refractivity contribution in [1.82, 2.24) is 0 Å². The molecule has 176 valence electrons. The first-order valence-electron chi connectivity index (χ1n) is 10.7. The smallest absolute Gasteiger partial charge is 0.303 e. The molecule has 0 aromatic heterocycles. The van der Waals surface area contributed by atoms with Crippen LogP contribution in [0.1, 0.15) is 52.2 Å². The first kappa shape index (κ1) is 26.6. The second kappa shape index (κ2) is 12.0. The summed E-state index contributed by atoms with van der Waals surface area (Å²) in [5.74, 6) is 1.39. The second-order valence-corrected chi connectivity index (χ2v) is 9.56. The van der Waals surface area contributed by atoms with Crippen molar-refractivity contribution in [3.05, 3.63) is 57.6 Å². The quantitative estimate of drug-likeness (QED) is 0.239. The van der Waals surface area contributed by atoms with Crippen LogP contribution in [0.4, 0.5) is 0 Å². The van der Waals surface area contributed by atoms with Gasteiger partial charge in [0.05, 0.1) is 22.5 Å². The molecule has 0 aliphatic heterocycles. The lowest BCUT2D eigenvalue weighted by Crippen LogP contribution is -2.26. The fourth-order valence-electron chi connectivity index (χ4n) is 3.07. The van der Waals surface area contributed by atoms with E-state index in [1.54, 1.807) is 0 Å². The van der Waals surface area contributed by atoms with E-state index in [0.29, 0.717) is 28.3 Å². The third-order valence-electron chi connectivity index (χ3n) is 5.45. The molecule has 0 bridgehead atoms. The molecule has 0 aliphatic carbocycles. The van der Waals surface area contributed by atoms with Crippen LogP contribution in [0.2, 0.25) is 10.0 Å². The van der Waals surface area contributed by atoms with E-state index in [1.807, 2.05) is 24.3 Å². The Balaban J connectivity index is 2.17. The highest BCUT2D eigenvalue weighted by atomic mass is 35.5. The highest BCUT2D eigenvalue weighted by Gasteiger charge is 2.26. The van der Waals surface area contributed by atoms with Crippen molar-refractivity contribution in [2.75, 3.05) is 19.1 Å². The lowest BCUT2D eigenvalue weighted by molar-refractivity contribution is -0.146. The fourth-order valence-corrected chi connectivity index (χ4v) is 3.82. The van der Waals surface area contributed by atoms with Crippen LogP contribution in [0, 0.1) is 5.92 Å². The average molecular weight is 502 g/mol. The molecule has 2 aromatic rings. The summed E-state index contributed by atoms with van der Waals surface area (Å²) in [5, 5.41) is 0.760. The minimum absolute atomic E-state index is 0.0589. The van der Waals surface area contributed by atoms with Gasteiger partial charge in [-0.2, -0.15) is 0 Å². The lowest BCUT2D eigenvalue weighted by atomic mass is 9.78. The van der Waals surface area contributed by atoms with Crippen LogP contribution in [0.15, 0.2) is 36.4 Å². The van der Waals surface area contributed by atoms with Gasteiger partial charge in [-0.1, -0.05) is 69.5 Å². The number of carbonyl (C=O) groups excluding carboxylic acids is 1. The van der Waals surface area contributed by atoms with E-state index in [9.17, 15) is 4.79 Å². The monoisotopic (exact) mass is 500 g/mol. The highest BCUT2D eigenvalue weighted by molar-refractivity contribution is 6.37. The van der Waals surface area contributed by atoms with Crippen molar-refractivity contribution in [3.63, 3.8) is 0 Å². The summed E-state index contributed by atoms with van der Waals surface area (Å²) in [7, 11) is 0. The van der Waals surface area contributed by atoms with Crippen molar-refractivity contribution in [2.24, 2.45) is 5.92 Å². The molecule has 2 atom stereocenters. The summed E-state index contributed by atoms with van der Waals surface area (Å²) in [6.45, 7) is 10.6. The number of esters is 1. The van der Waals surface area contributed by atoms with E-state index in [4.69, 9.17) is 49.0 Å². The number of rotatable bonds is 11. The zero-order valence-electron chi connectivity index (χ0n) is 19.2. The van der Waals surface area contributed by atoms with E-state index in [-0.39, 0.29) is 17.9 Å². The molecule has 0 saturated carbocycles. The minimum Gasteiger partial charge on any atom is -0.493 e. The van der Waals surface area contributed by atoms with Crippen molar-refractivity contribution in [2.45, 2.75) is 52.6 Å². The van der Waals surface area contributed by atoms with E-state index >= 15 is 0 Å². The molecular formula is C25H31Cl3O4. The third-order valence-corrected chi connectivity index (χ3v) is 6.35. The molecule has 2 aromatic carbocycles. The van der Waals surface area contributed by atoms with E-state index in [2.05, 4.69) is 39.8 Å². The van der Waals surface area contributed by atoms with Gasteiger partial charge in [-0.05, 0) is 41.3 Å². The SMILES string of the molecule is CC[C@@H](C)COc1ccc(C(C)(C)c2cc(Cl)c(OC[C@H](CCl)OC(C)=O)c(Cl)c2)cc1. The van der Waals surface area contributed by atoms with Gasteiger partial charge in [0.15, 0.2) is 5.75 Å². The number of halogens is 3. The molecule has 0 fully saturated rings. The van der Waals surface area contributed by atoms with E-state index < -0.39 is 12.1 Å². The zero-order chi connectivity index (χ0) is 23.9. The summed E-state index contributed by atoms with van der Waals surface area (Å²) in [6, 6.07) is 11.8. The maximum absolute atomic E-state index is 11.2. The van der Waals surface area contributed by atoms with Gasteiger partial charge in [0.2, 0.25) is 0 Å². The van der Waals surface area contributed by atoms with E-state index in [1.165, 1.54) is 6.92 Å². The Kier molecular flexibility index (Phi) is 10.00. The fraction of sp³-hybridized carbons (Fsp3) is 0.480. The highest BCUT2D eigenvalue weighted by Crippen LogP contribution is 2.40. The van der Waals surface area contributed by atoms with Gasteiger partial charge in [-0.15, -0.1) is 11.6 Å². The Morgan fingerprint density at radius 3 is 2.09 bits per heavy atom. The first-order chi connectivity index (χ1) is 15.1. The molecular weight excluding hydrogens is 471 g/mol. The Bertz CT molecular complexity index is 874. The minimum atomic E-state index is -0.585. The van der Waals surface area contributed by atoms with Crippen LogP contribution in [0.3, 0.4) is 0 Å². The standard InChI is InChI=1S/C25H31Cl3O4/c1-6-16(2)14-30-20-9-7-18(8-10-20)25(4,5)19-11-22(27)24(23(28)12-19)31-15-21(13-26)32-17(3)29/h7-12,16,21H,6,13-15H2,1-5H3/t16-,21+/m1/s1. The van der Waals surface area contributed by atoms with Crippen LogP contribution in [0.25, 0.3) is 0 Å². The Hall–Kier alpha value is -1.62. The van der Waals surface area contributed by atoms with Crippen LogP contribution >= 0.6 is 34.8 Å². The number of hydrogen-bond acceptors (Lipinski definition) is 4. The average Bonchev–Trinajstić information content (AvgIpc) is 2.75. The van der Waals surface area contributed by atoms with Crippen molar-refractivity contribution >= 4 is 40.8 Å². The molecule has 2 rings (SSSR count). The molecule has 0 unspecified atom stereocenters. The molecule has 0 N–H and O–H groups in total. The summed E-state index contributed by atoms with van der Waals surface area (Å²) < 4.78 is 16.7. The van der Waals surface area contributed by atoms with Crippen molar-refractivity contribution < 1.29 is 19.0 Å². The van der Waals surface area contributed by atoms with Gasteiger partial charge in [-0.3, -0.25) is 4.79 Å². The van der Waals surface area contributed by atoms with Gasteiger partial charge in [0, 0.05) is 12.3 Å². The Morgan fingerprint density at radius 2 is 1.59 bits per heavy atom. The molecule has 7 heteroatoms. The van der Waals surface area contributed by atoms with E-state index in [0.717, 1.165) is 23.3 Å². The van der Waals surface area contributed by atoms with Gasteiger partial charge < -0.3 is 14.2 Å². The number of hydrogen-bond donors (Lipinski definition) is 0. The van der Waals surface area contributed by atoms with Gasteiger partial charge >= 0.3 is 5.97 Å². The molecule has 0 radical (unpaired) electrons. The largest absolute Gasteiger partial charge is 0.493 e. The topological polar surface area (TPSA) is 44.8 Å². The normalized spacial score (nSPS) is 13.4. The maximum Gasteiger partial charge on any atom is 0.303 e. The molecule has 0 saturated heterocycles. The third kappa shape index (κ3) is 7.19. The van der Waals surface area contributed by atoms with Gasteiger partial charge in [0.25, 0.3) is 0 Å². The van der Waals surface area contributed by atoms with Gasteiger partial charge in [0.1, 0.15) is 18.5 Å². The lowest BCUT2D eigenvalue weighted by Gasteiger charge is -2.27. The molecule has 0 spiro atoms. The number of ether oxygens (including phenoxy) is 3.